The molecule has 2 aromatic rings. The van der Waals surface area contributed by atoms with Crippen LogP contribution in [0, 0.1) is 20.8 Å². The van der Waals surface area contributed by atoms with Crippen molar-refractivity contribution in [2.75, 3.05) is 0 Å². The summed E-state index contributed by atoms with van der Waals surface area (Å²) < 4.78 is 1.88. The first-order chi connectivity index (χ1) is 8.66. The molecule has 0 unspecified atom stereocenters. The summed E-state index contributed by atoms with van der Waals surface area (Å²) in [5, 5.41) is 4.31. The summed E-state index contributed by atoms with van der Waals surface area (Å²) >= 11 is 0. The average Bonchev–Trinajstić information content (AvgIpc) is 2.77. The van der Waals surface area contributed by atoms with Crippen LogP contribution in [0.3, 0.4) is 0 Å². The van der Waals surface area contributed by atoms with Crippen molar-refractivity contribution in [1.29, 1.82) is 0 Å². The number of fused-ring (bicyclic) bond motifs is 1. The van der Waals surface area contributed by atoms with Crippen molar-refractivity contribution in [2.24, 2.45) is 0 Å². The van der Waals surface area contributed by atoms with E-state index in [1.165, 1.54) is 0 Å². The quantitative estimate of drug-likeness (QED) is 0.677. The standard InChI is InChI=1S/C9H11N3.3C2H6/c1-6-4-9-8(3)10-7(2)5-12(9)11-6;3*1-2/h4-5H,1-3H3;3*1-2H3. The number of aryl methyl sites for hydroxylation is 3. The second-order valence-electron chi connectivity index (χ2n) is 3.08. The Labute approximate surface area is 112 Å². The summed E-state index contributed by atoms with van der Waals surface area (Å²) in [6, 6.07) is 2.04. The first-order valence-electron chi connectivity index (χ1n) is 6.97. The van der Waals surface area contributed by atoms with E-state index in [1.807, 2.05) is 79.1 Å². The van der Waals surface area contributed by atoms with Gasteiger partial charge in [-0.3, -0.25) is 4.98 Å². The Morgan fingerprint density at radius 1 is 0.833 bits per heavy atom. The molecule has 2 rings (SSSR count). The number of nitrogens with zero attached hydrogens (tertiary/aromatic N) is 3. The molecule has 0 atom stereocenters. The Morgan fingerprint density at radius 2 is 1.33 bits per heavy atom. The minimum atomic E-state index is 1.00. The summed E-state index contributed by atoms with van der Waals surface area (Å²) in [4.78, 5) is 4.35. The van der Waals surface area contributed by atoms with Crippen LogP contribution in [-0.4, -0.2) is 14.6 Å². The van der Waals surface area contributed by atoms with Crippen LogP contribution in [0.4, 0.5) is 0 Å². The zero-order chi connectivity index (χ0) is 14.7. The van der Waals surface area contributed by atoms with Gasteiger partial charge in [0.15, 0.2) is 0 Å². The molecule has 3 heteroatoms. The van der Waals surface area contributed by atoms with Crippen molar-refractivity contribution < 1.29 is 0 Å². The van der Waals surface area contributed by atoms with Crippen molar-refractivity contribution >= 4 is 5.52 Å². The number of hydrogen-bond donors (Lipinski definition) is 0. The first-order valence-corrected chi connectivity index (χ1v) is 6.97. The van der Waals surface area contributed by atoms with Gasteiger partial charge in [0.25, 0.3) is 0 Å². The van der Waals surface area contributed by atoms with E-state index in [0.717, 1.165) is 22.6 Å². The minimum Gasteiger partial charge on any atom is -0.255 e. The lowest BCUT2D eigenvalue weighted by atomic mass is 10.3. The smallest absolute Gasteiger partial charge is 0.0877 e. The van der Waals surface area contributed by atoms with E-state index in [2.05, 4.69) is 10.1 Å². The van der Waals surface area contributed by atoms with E-state index in [4.69, 9.17) is 0 Å². The highest BCUT2D eigenvalue weighted by molar-refractivity contribution is 5.51. The monoisotopic (exact) mass is 251 g/mol. The van der Waals surface area contributed by atoms with Crippen LogP contribution in [0.15, 0.2) is 12.3 Å². The average molecular weight is 251 g/mol. The highest BCUT2D eigenvalue weighted by Gasteiger charge is 2.01. The molecule has 2 aromatic heterocycles. The Balaban J connectivity index is 0. The number of hydrogen-bond acceptors (Lipinski definition) is 2. The van der Waals surface area contributed by atoms with E-state index in [-0.39, 0.29) is 0 Å². The van der Waals surface area contributed by atoms with E-state index in [9.17, 15) is 0 Å². The van der Waals surface area contributed by atoms with Crippen molar-refractivity contribution in [3.63, 3.8) is 0 Å². The predicted molar refractivity (Wildman–Crippen MR) is 81.2 cm³/mol. The summed E-state index contributed by atoms with van der Waals surface area (Å²) in [6.45, 7) is 18.0. The summed E-state index contributed by atoms with van der Waals surface area (Å²) in [5.74, 6) is 0. The van der Waals surface area contributed by atoms with Crippen LogP contribution in [-0.2, 0) is 0 Å². The molecule has 0 N–H and O–H groups in total. The third-order valence-corrected chi connectivity index (χ3v) is 1.88. The lowest BCUT2D eigenvalue weighted by Crippen LogP contribution is -1.94. The van der Waals surface area contributed by atoms with Gasteiger partial charge in [-0.25, -0.2) is 4.52 Å². The molecule has 2 heterocycles. The maximum atomic E-state index is 4.35. The lowest BCUT2D eigenvalue weighted by molar-refractivity contribution is 0.897. The van der Waals surface area contributed by atoms with Crippen molar-refractivity contribution in [1.82, 2.24) is 14.6 Å². The van der Waals surface area contributed by atoms with Crippen molar-refractivity contribution in [2.45, 2.75) is 62.3 Å². The summed E-state index contributed by atoms with van der Waals surface area (Å²) in [6.07, 6.45) is 1.94. The third kappa shape index (κ3) is 5.30. The van der Waals surface area contributed by atoms with Crippen molar-refractivity contribution in [3.8, 4) is 0 Å². The zero-order valence-electron chi connectivity index (χ0n) is 13.5. The van der Waals surface area contributed by atoms with Crippen LogP contribution in [0.5, 0.6) is 0 Å². The Hall–Kier alpha value is -1.38. The maximum absolute atomic E-state index is 4.35. The second kappa shape index (κ2) is 10.8. The molecule has 0 radical (unpaired) electrons. The molecule has 0 saturated carbocycles. The fourth-order valence-electron chi connectivity index (χ4n) is 1.41. The third-order valence-electron chi connectivity index (χ3n) is 1.88. The van der Waals surface area contributed by atoms with Gasteiger partial charge in [0.05, 0.1) is 28.8 Å². The zero-order valence-corrected chi connectivity index (χ0v) is 13.5. The molecule has 0 fully saturated rings. The normalized spacial score (nSPS) is 8.28. The van der Waals surface area contributed by atoms with Gasteiger partial charge >= 0.3 is 0 Å². The van der Waals surface area contributed by atoms with E-state index in [0.29, 0.717) is 0 Å². The highest BCUT2D eigenvalue weighted by atomic mass is 15.2. The summed E-state index contributed by atoms with van der Waals surface area (Å²) in [7, 11) is 0. The topological polar surface area (TPSA) is 30.2 Å². The molecule has 0 aliphatic heterocycles. The van der Waals surface area contributed by atoms with Crippen molar-refractivity contribution in [3.05, 3.63) is 29.3 Å². The molecular formula is C15H29N3. The molecular weight excluding hydrogens is 222 g/mol. The van der Waals surface area contributed by atoms with Gasteiger partial charge in [-0.2, -0.15) is 5.10 Å². The van der Waals surface area contributed by atoms with Crippen LogP contribution in [0.2, 0.25) is 0 Å². The van der Waals surface area contributed by atoms with Gasteiger partial charge < -0.3 is 0 Å². The number of aromatic nitrogens is 3. The maximum Gasteiger partial charge on any atom is 0.0877 e. The molecule has 0 amide bonds. The molecule has 0 bridgehead atoms. The molecule has 0 aromatic carbocycles. The molecule has 3 nitrogen and oxygen atoms in total. The Kier molecular flexibility index (Phi) is 11.3. The fourth-order valence-corrected chi connectivity index (χ4v) is 1.41. The molecule has 18 heavy (non-hydrogen) atoms. The van der Waals surface area contributed by atoms with Gasteiger partial charge in [-0.1, -0.05) is 41.5 Å². The second-order valence-corrected chi connectivity index (χ2v) is 3.08. The largest absolute Gasteiger partial charge is 0.255 e. The van der Waals surface area contributed by atoms with E-state index >= 15 is 0 Å². The Morgan fingerprint density at radius 3 is 1.83 bits per heavy atom. The van der Waals surface area contributed by atoms with E-state index < -0.39 is 0 Å². The SMILES string of the molecule is CC.CC.CC.Cc1cn2nc(C)cc2c(C)n1. The van der Waals surface area contributed by atoms with Crippen LogP contribution in [0.1, 0.15) is 58.6 Å². The highest BCUT2D eigenvalue weighted by Crippen LogP contribution is 2.09. The molecule has 104 valence electrons. The molecule has 0 saturated heterocycles. The van der Waals surface area contributed by atoms with Crippen LogP contribution < -0.4 is 0 Å². The number of rotatable bonds is 0. The van der Waals surface area contributed by atoms with Gasteiger partial charge in [-0.05, 0) is 26.8 Å². The van der Waals surface area contributed by atoms with Gasteiger partial charge in [0.1, 0.15) is 0 Å². The summed E-state index contributed by atoms with van der Waals surface area (Å²) in [5.41, 5.74) is 4.17. The van der Waals surface area contributed by atoms with Gasteiger partial charge in [0, 0.05) is 0 Å². The fraction of sp³-hybridized carbons (Fsp3) is 0.600. The Bertz CT molecular complexity index is 430. The van der Waals surface area contributed by atoms with Gasteiger partial charge in [-0.15, -0.1) is 0 Å². The first kappa shape index (κ1) is 19.0. The molecule has 0 aliphatic rings. The predicted octanol–water partition coefficient (Wildman–Crippen LogP) is 4.73. The van der Waals surface area contributed by atoms with Crippen LogP contribution in [0.25, 0.3) is 5.52 Å². The molecule has 0 spiro atoms. The molecule has 0 aliphatic carbocycles. The lowest BCUT2D eigenvalue weighted by Gasteiger charge is -1.98. The van der Waals surface area contributed by atoms with E-state index in [1.54, 1.807) is 0 Å². The minimum absolute atomic E-state index is 1.00. The van der Waals surface area contributed by atoms with Gasteiger partial charge in [0.2, 0.25) is 0 Å². The van der Waals surface area contributed by atoms with Crippen LogP contribution >= 0.6 is 0 Å².